The van der Waals surface area contributed by atoms with Gasteiger partial charge in [0.25, 0.3) is 0 Å². The number of rotatable bonds is 5. The molecule has 6 heteroatoms. The van der Waals surface area contributed by atoms with Gasteiger partial charge in [0.15, 0.2) is 16.6 Å². The van der Waals surface area contributed by atoms with Crippen molar-refractivity contribution in [1.29, 1.82) is 0 Å². The second-order valence-corrected chi connectivity index (χ2v) is 6.25. The van der Waals surface area contributed by atoms with E-state index in [1.54, 1.807) is 14.2 Å². The van der Waals surface area contributed by atoms with Crippen LogP contribution >= 0.6 is 23.8 Å². The molecule has 0 atom stereocenters. The highest BCUT2D eigenvalue weighted by molar-refractivity contribution is 7.80. The highest BCUT2D eigenvalue weighted by atomic mass is 35.5. The third-order valence-corrected chi connectivity index (χ3v) is 4.36. The van der Waals surface area contributed by atoms with Gasteiger partial charge in [-0.2, -0.15) is 0 Å². The van der Waals surface area contributed by atoms with Crippen LogP contribution in [0.4, 0.5) is 5.69 Å². The fourth-order valence-corrected chi connectivity index (χ4v) is 2.58. The number of anilines is 1. The van der Waals surface area contributed by atoms with Crippen molar-refractivity contribution in [2.45, 2.75) is 13.5 Å². The van der Waals surface area contributed by atoms with E-state index >= 15 is 0 Å². The highest BCUT2D eigenvalue weighted by Gasteiger charge is 2.12. The molecule has 0 bridgehead atoms. The molecule has 0 aliphatic rings. The monoisotopic (exact) mass is 364 g/mol. The minimum absolute atomic E-state index is 0.631. The van der Waals surface area contributed by atoms with Crippen molar-refractivity contribution in [3.63, 3.8) is 0 Å². The van der Waals surface area contributed by atoms with Gasteiger partial charge in [-0.05, 0) is 66.7 Å². The van der Waals surface area contributed by atoms with Gasteiger partial charge in [0, 0.05) is 24.3 Å². The number of ether oxygens (including phenoxy) is 2. The van der Waals surface area contributed by atoms with Crippen LogP contribution < -0.4 is 14.8 Å². The van der Waals surface area contributed by atoms with Gasteiger partial charge in [-0.3, -0.25) is 0 Å². The molecule has 2 rings (SSSR count). The Morgan fingerprint density at radius 3 is 2.29 bits per heavy atom. The van der Waals surface area contributed by atoms with Gasteiger partial charge < -0.3 is 19.7 Å². The smallest absolute Gasteiger partial charge is 0.173 e. The summed E-state index contributed by atoms with van der Waals surface area (Å²) in [7, 11) is 5.21. The van der Waals surface area contributed by atoms with E-state index in [4.69, 9.17) is 33.3 Å². The number of halogens is 1. The molecule has 128 valence electrons. The van der Waals surface area contributed by atoms with Crippen LogP contribution in [0.2, 0.25) is 5.02 Å². The summed E-state index contributed by atoms with van der Waals surface area (Å²) in [6, 6.07) is 11.4. The lowest BCUT2D eigenvalue weighted by Gasteiger charge is -2.23. The second-order valence-electron chi connectivity index (χ2n) is 5.43. The number of hydrogen-bond donors (Lipinski definition) is 1. The van der Waals surface area contributed by atoms with E-state index in [1.807, 2.05) is 55.3 Å². The quantitative estimate of drug-likeness (QED) is 0.790. The molecule has 1 N–H and O–H groups in total. The van der Waals surface area contributed by atoms with Crippen molar-refractivity contribution >= 4 is 34.6 Å². The van der Waals surface area contributed by atoms with Gasteiger partial charge in [0.1, 0.15) is 0 Å². The van der Waals surface area contributed by atoms with E-state index in [2.05, 4.69) is 5.32 Å². The minimum atomic E-state index is 0.631. The molecule has 2 aromatic rings. The van der Waals surface area contributed by atoms with Crippen LogP contribution in [0.15, 0.2) is 36.4 Å². The number of aryl methyl sites for hydroxylation is 1. The maximum absolute atomic E-state index is 5.90. The number of methoxy groups -OCH3 is 2. The Morgan fingerprint density at radius 1 is 1.12 bits per heavy atom. The molecule has 0 aliphatic carbocycles. The molecule has 0 aromatic heterocycles. The summed E-state index contributed by atoms with van der Waals surface area (Å²) in [5, 5.41) is 4.53. The molecule has 24 heavy (non-hydrogen) atoms. The molecule has 0 saturated heterocycles. The van der Waals surface area contributed by atoms with E-state index in [0.29, 0.717) is 22.4 Å². The van der Waals surface area contributed by atoms with Crippen molar-refractivity contribution in [2.24, 2.45) is 0 Å². The maximum Gasteiger partial charge on any atom is 0.173 e. The standard InChI is InChI=1S/C18H21ClN2O2S/c1-12-9-16(22-3)17(23-4)10-13(12)11-21(2)18(24)20-15-7-5-14(19)6-8-15/h5-10H,11H2,1-4H3,(H,20,24). The van der Waals surface area contributed by atoms with E-state index in [1.165, 1.54) is 0 Å². The first-order valence-electron chi connectivity index (χ1n) is 7.43. The van der Waals surface area contributed by atoms with Gasteiger partial charge in [0.05, 0.1) is 14.2 Å². The fraction of sp³-hybridized carbons (Fsp3) is 0.278. The first-order chi connectivity index (χ1) is 11.4. The molecule has 0 fully saturated rings. The van der Waals surface area contributed by atoms with Crippen molar-refractivity contribution in [1.82, 2.24) is 4.90 Å². The van der Waals surface area contributed by atoms with E-state index in [-0.39, 0.29) is 0 Å². The predicted octanol–water partition coefficient (Wildman–Crippen LogP) is 4.49. The normalized spacial score (nSPS) is 10.2. The molecule has 0 spiro atoms. The maximum atomic E-state index is 5.90. The first-order valence-corrected chi connectivity index (χ1v) is 8.22. The number of benzene rings is 2. The Kier molecular flexibility index (Phi) is 6.29. The number of hydrogen-bond acceptors (Lipinski definition) is 3. The largest absolute Gasteiger partial charge is 0.493 e. The minimum Gasteiger partial charge on any atom is -0.493 e. The Morgan fingerprint density at radius 2 is 1.71 bits per heavy atom. The van der Waals surface area contributed by atoms with Crippen LogP contribution in [0, 0.1) is 6.92 Å². The van der Waals surface area contributed by atoms with Crippen molar-refractivity contribution < 1.29 is 9.47 Å². The zero-order valence-corrected chi connectivity index (χ0v) is 15.8. The lowest BCUT2D eigenvalue weighted by atomic mass is 10.1. The summed E-state index contributed by atoms with van der Waals surface area (Å²) in [5.74, 6) is 1.44. The summed E-state index contributed by atoms with van der Waals surface area (Å²) >= 11 is 11.4. The van der Waals surface area contributed by atoms with Crippen LogP contribution in [0.1, 0.15) is 11.1 Å². The third-order valence-electron chi connectivity index (χ3n) is 3.69. The molecule has 2 aromatic carbocycles. The highest BCUT2D eigenvalue weighted by Crippen LogP contribution is 2.30. The summed E-state index contributed by atoms with van der Waals surface area (Å²) in [6.07, 6.45) is 0. The van der Waals surface area contributed by atoms with Crippen LogP contribution in [0.3, 0.4) is 0 Å². The topological polar surface area (TPSA) is 33.7 Å². The molecule has 0 amide bonds. The molecule has 0 radical (unpaired) electrons. The summed E-state index contributed by atoms with van der Waals surface area (Å²) < 4.78 is 10.7. The van der Waals surface area contributed by atoms with Crippen molar-refractivity contribution in [2.75, 3.05) is 26.6 Å². The van der Waals surface area contributed by atoms with Gasteiger partial charge in [-0.1, -0.05) is 11.6 Å². The van der Waals surface area contributed by atoms with Gasteiger partial charge in [-0.25, -0.2) is 0 Å². The Bertz CT molecular complexity index is 720. The third kappa shape index (κ3) is 4.52. The number of nitrogens with one attached hydrogen (secondary N) is 1. The second kappa shape index (κ2) is 8.22. The predicted molar refractivity (Wildman–Crippen MR) is 103 cm³/mol. The van der Waals surface area contributed by atoms with E-state index in [0.717, 1.165) is 22.6 Å². The van der Waals surface area contributed by atoms with Crippen LogP contribution in [0.25, 0.3) is 0 Å². The average Bonchev–Trinajstić information content (AvgIpc) is 2.58. The molecular formula is C18H21ClN2O2S. The zero-order valence-electron chi connectivity index (χ0n) is 14.2. The fourth-order valence-electron chi connectivity index (χ4n) is 2.27. The van der Waals surface area contributed by atoms with Crippen LogP contribution in [0.5, 0.6) is 11.5 Å². The molecule has 0 unspecified atom stereocenters. The lowest BCUT2D eigenvalue weighted by molar-refractivity contribution is 0.353. The number of nitrogens with zero attached hydrogens (tertiary/aromatic N) is 1. The molecular weight excluding hydrogens is 344 g/mol. The average molecular weight is 365 g/mol. The van der Waals surface area contributed by atoms with E-state index < -0.39 is 0 Å². The summed E-state index contributed by atoms with van der Waals surface area (Å²) in [4.78, 5) is 1.97. The van der Waals surface area contributed by atoms with E-state index in [9.17, 15) is 0 Å². The molecule has 0 saturated carbocycles. The van der Waals surface area contributed by atoms with Crippen LogP contribution in [-0.2, 0) is 6.54 Å². The Hall–Kier alpha value is -1.98. The van der Waals surface area contributed by atoms with Crippen LogP contribution in [-0.4, -0.2) is 31.3 Å². The molecule has 4 nitrogen and oxygen atoms in total. The SMILES string of the molecule is COc1cc(C)c(CN(C)C(=S)Nc2ccc(Cl)cc2)cc1OC. The number of thiocarbonyl (C=S) groups is 1. The van der Waals surface area contributed by atoms with Gasteiger partial charge >= 0.3 is 0 Å². The summed E-state index contributed by atoms with van der Waals surface area (Å²) in [6.45, 7) is 2.70. The van der Waals surface area contributed by atoms with Crippen molar-refractivity contribution in [3.8, 4) is 11.5 Å². The molecule has 0 heterocycles. The van der Waals surface area contributed by atoms with Gasteiger partial charge in [0.2, 0.25) is 0 Å². The molecule has 0 aliphatic heterocycles. The Labute approximate surface area is 153 Å². The summed E-state index contributed by atoms with van der Waals surface area (Å²) in [5.41, 5.74) is 3.14. The van der Waals surface area contributed by atoms with Gasteiger partial charge in [-0.15, -0.1) is 0 Å². The van der Waals surface area contributed by atoms with Crippen molar-refractivity contribution in [3.05, 3.63) is 52.5 Å². The Balaban J connectivity index is 2.09. The lowest BCUT2D eigenvalue weighted by Crippen LogP contribution is -2.30. The first kappa shape index (κ1) is 18.4. The zero-order chi connectivity index (χ0) is 17.7.